The van der Waals surface area contributed by atoms with Gasteiger partial charge in [0.25, 0.3) is 5.56 Å². The van der Waals surface area contributed by atoms with E-state index in [0.717, 1.165) is 20.8 Å². The Morgan fingerprint density at radius 2 is 1.96 bits per heavy atom. The molecule has 3 rings (SSSR count). The molecule has 0 saturated heterocycles. The average Bonchev–Trinajstić information content (AvgIpc) is 2.94. The first-order chi connectivity index (χ1) is 13.3. The van der Waals surface area contributed by atoms with Crippen LogP contribution in [0.15, 0.2) is 29.1 Å². The smallest absolute Gasteiger partial charge is 0.259 e. The number of aromatic amines is 1. The summed E-state index contributed by atoms with van der Waals surface area (Å²) in [4.78, 5) is 34.0. The molecule has 0 bridgehead atoms. The zero-order valence-electron chi connectivity index (χ0n) is 16.1. The maximum atomic E-state index is 13.0. The van der Waals surface area contributed by atoms with Crippen molar-refractivity contribution in [2.45, 2.75) is 44.7 Å². The van der Waals surface area contributed by atoms with Crippen molar-refractivity contribution in [3.8, 4) is 0 Å². The van der Waals surface area contributed by atoms with Crippen molar-refractivity contribution >= 4 is 39.2 Å². The molecule has 0 fully saturated rings. The number of carbonyl (C=O) groups is 1. The minimum atomic E-state index is -0.323. The zero-order valence-corrected chi connectivity index (χ0v) is 17.8. The van der Waals surface area contributed by atoms with E-state index in [4.69, 9.17) is 0 Å². The third kappa shape index (κ3) is 4.44. The van der Waals surface area contributed by atoms with E-state index in [9.17, 15) is 14.0 Å². The summed E-state index contributed by atoms with van der Waals surface area (Å²) in [5, 5.41) is 3.26. The maximum Gasteiger partial charge on any atom is 0.259 e. The van der Waals surface area contributed by atoms with Gasteiger partial charge in [0.2, 0.25) is 5.91 Å². The van der Waals surface area contributed by atoms with Gasteiger partial charge >= 0.3 is 0 Å². The van der Waals surface area contributed by atoms with E-state index in [1.54, 1.807) is 12.1 Å². The van der Waals surface area contributed by atoms with Crippen LogP contribution >= 0.6 is 23.1 Å². The van der Waals surface area contributed by atoms with Crippen LogP contribution in [0.1, 0.15) is 41.7 Å². The number of thiophene rings is 1. The number of H-pyrrole nitrogens is 1. The molecule has 2 N–H and O–H groups in total. The molecule has 0 radical (unpaired) electrons. The van der Waals surface area contributed by atoms with Gasteiger partial charge in [-0.1, -0.05) is 12.1 Å². The third-order valence-electron chi connectivity index (χ3n) is 4.66. The molecule has 2 heterocycles. The van der Waals surface area contributed by atoms with Gasteiger partial charge in [-0.15, -0.1) is 23.1 Å². The van der Waals surface area contributed by atoms with Crippen molar-refractivity contribution in [2.24, 2.45) is 0 Å². The van der Waals surface area contributed by atoms with Gasteiger partial charge in [-0.05, 0) is 51.0 Å². The van der Waals surface area contributed by atoms with Crippen molar-refractivity contribution in [2.75, 3.05) is 0 Å². The molecule has 28 heavy (non-hydrogen) atoms. The summed E-state index contributed by atoms with van der Waals surface area (Å²) in [5.41, 5.74) is 1.67. The fourth-order valence-corrected chi connectivity index (χ4v) is 4.63. The van der Waals surface area contributed by atoms with Crippen LogP contribution in [0.4, 0.5) is 4.39 Å². The van der Waals surface area contributed by atoms with Gasteiger partial charge in [0.1, 0.15) is 16.5 Å². The lowest BCUT2D eigenvalue weighted by Crippen LogP contribution is -2.33. The van der Waals surface area contributed by atoms with Gasteiger partial charge in [-0.25, -0.2) is 9.37 Å². The molecule has 1 aromatic carbocycles. The molecule has 2 atom stereocenters. The second kappa shape index (κ2) is 8.45. The molecule has 0 aliphatic heterocycles. The van der Waals surface area contributed by atoms with Crippen LogP contribution in [0, 0.1) is 19.7 Å². The predicted molar refractivity (Wildman–Crippen MR) is 113 cm³/mol. The fraction of sp³-hybridized carbons (Fsp3) is 0.350. The summed E-state index contributed by atoms with van der Waals surface area (Å²) < 4.78 is 13.0. The number of aromatic nitrogens is 2. The lowest BCUT2D eigenvalue weighted by Gasteiger charge is -2.17. The Bertz CT molecular complexity index is 1060. The number of rotatable bonds is 6. The van der Waals surface area contributed by atoms with E-state index in [1.807, 2.05) is 27.7 Å². The lowest BCUT2D eigenvalue weighted by atomic mass is 10.1. The largest absolute Gasteiger partial charge is 0.349 e. The van der Waals surface area contributed by atoms with Crippen LogP contribution in [0.5, 0.6) is 0 Å². The monoisotopic (exact) mass is 419 g/mol. The van der Waals surface area contributed by atoms with Crippen LogP contribution in [0.3, 0.4) is 0 Å². The second-order valence-corrected chi connectivity index (χ2v) is 9.24. The highest BCUT2D eigenvalue weighted by Crippen LogP contribution is 2.26. The summed E-state index contributed by atoms with van der Waals surface area (Å²) in [5.74, 6) is 0.574. The third-order valence-corrected chi connectivity index (χ3v) is 6.91. The standard InChI is InChI=1S/C20H22FN3O2S2/c1-10-12(3)28-20-17(10)19(26)23-16(24-20)9-27-13(4)18(25)22-11(2)14-5-7-15(21)8-6-14/h5-8,11,13H,9H2,1-4H3,(H,22,25)(H,23,24,26)/t11-,13+/m1/s1. The Morgan fingerprint density at radius 1 is 1.29 bits per heavy atom. The van der Waals surface area contributed by atoms with Crippen molar-refractivity contribution in [1.29, 1.82) is 0 Å². The normalized spacial score (nSPS) is 13.5. The Morgan fingerprint density at radius 3 is 2.64 bits per heavy atom. The molecular formula is C20H22FN3O2S2. The molecule has 1 amide bonds. The van der Waals surface area contributed by atoms with E-state index in [-0.39, 0.29) is 28.6 Å². The van der Waals surface area contributed by atoms with Gasteiger partial charge < -0.3 is 10.3 Å². The van der Waals surface area contributed by atoms with E-state index in [0.29, 0.717) is 17.0 Å². The number of hydrogen-bond donors (Lipinski definition) is 2. The molecule has 0 aliphatic rings. The van der Waals surface area contributed by atoms with Gasteiger partial charge in [0.05, 0.1) is 22.4 Å². The number of thioether (sulfide) groups is 1. The highest BCUT2D eigenvalue weighted by atomic mass is 32.2. The molecule has 3 aromatic rings. The summed E-state index contributed by atoms with van der Waals surface area (Å²) in [6, 6.07) is 5.85. The molecule has 0 unspecified atom stereocenters. The van der Waals surface area contributed by atoms with Crippen LogP contribution in [-0.2, 0) is 10.5 Å². The lowest BCUT2D eigenvalue weighted by molar-refractivity contribution is -0.120. The molecule has 0 spiro atoms. The number of amides is 1. The molecular weight excluding hydrogens is 397 g/mol. The highest BCUT2D eigenvalue weighted by molar-refractivity contribution is 7.99. The number of aryl methyl sites for hydroxylation is 2. The van der Waals surface area contributed by atoms with Crippen LogP contribution in [-0.4, -0.2) is 21.1 Å². The number of fused-ring (bicyclic) bond motifs is 1. The fourth-order valence-electron chi connectivity index (χ4n) is 2.81. The average molecular weight is 420 g/mol. The number of hydrogen-bond acceptors (Lipinski definition) is 5. The van der Waals surface area contributed by atoms with Crippen molar-refractivity contribution in [3.63, 3.8) is 0 Å². The summed E-state index contributed by atoms with van der Waals surface area (Å²) in [7, 11) is 0. The van der Waals surface area contributed by atoms with Gasteiger partial charge in [-0.2, -0.15) is 0 Å². The Hall–Kier alpha value is -2.19. The Kier molecular flexibility index (Phi) is 6.20. The molecule has 0 saturated carbocycles. The number of nitrogens with one attached hydrogen (secondary N) is 2. The minimum absolute atomic E-state index is 0.118. The number of benzene rings is 1. The highest BCUT2D eigenvalue weighted by Gasteiger charge is 2.18. The number of nitrogens with zero attached hydrogens (tertiary/aromatic N) is 1. The molecule has 148 valence electrons. The van der Waals surface area contributed by atoms with Crippen LogP contribution < -0.4 is 10.9 Å². The Balaban J connectivity index is 1.62. The topological polar surface area (TPSA) is 74.8 Å². The van der Waals surface area contributed by atoms with Gasteiger partial charge in [-0.3, -0.25) is 9.59 Å². The summed E-state index contributed by atoms with van der Waals surface area (Å²) in [6.07, 6.45) is 0. The maximum absolute atomic E-state index is 13.0. The van der Waals surface area contributed by atoms with Crippen molar-refractivity contribution in [1.82, 2.24) is 15.3 Å². The van der Waals surface area contributed by atoms with E-state index < -0.39 is 0 Å². The number of carbonyl (C=O) groups excluding carboxylic acids is 1. The van der Waals surface area contributed by atoms with Crippen LogP contribution in [0.2, 0.25) is 0 Å². The van der Waals surface area contributed by atoms with E-state index in [2.05, 4.69) is 15.3 Å². The molecule has 5 nitrogen and oxygen atoms in total. The van der Waals surface area contributed by atoms with Crippen molar-refractivity contribution in [3.05, 3.63) is 62.3 Å². The zero-order chi connectivity index (χ0) is 20.4. The first kappa shape index (κ1) is 20.5. The predicted octanol–water partition coefficient (Wildman–Crippen LogP) is 4.24. The SMILES string of the molecule is Cc1sc2nc(CS[C@@H](C)C(=O)N[C@H](C)c3ccc(F)cc3)[nH]c(=O)c2c1C. The number of halogens is 1. The molecule has 8 heteroatoms. The first-order valence-electron chi connectivity index (χ1n) is 8.92. The first-order valence-corrected chi connectivity index (χ1v) is 10.8. The summed E-state index contributed by atoms with van der Waals surface area (Å²) >= 11 is 2.91. The molecule has 2 aromatic heterocycles. The van der Waals surface area contributed by atoms with Crippen molar-refractivity contribution < 1.29 is 9.18 Å². The quantitative estimate of drug-likeness (QED) is 0.627. The molecule has 0 aliphatic carbocycles. The Labute approximate surface area is 170 Å². The summed E-state index contributed by atoms with van der Waals surface area (Å²) in [6.45, 7) is 7.57. The van der Waals surface area contributed by atoms with E-state index in [1.165, 1.54) is 35.2 Å². The van der Waals surface area contributed by atoms with Gasteiger partial charge in [0.15, 0.2) is 0 Å². The van der Waals surface area contributed by atoms with E-state index >= 15 is 0 Å². The second-order valence-electron chi connectivity index (χ2n) is 6.71. The van der Waals surface area contributed by atoms with Gasteiger partial charge in [0, 0.05) is 4.88 Å². The minimum Gasteiger partial charge on any atom is -0.349 e. The van der Waals surface area contributed by atoms with Crippen LogP contribution in [0.25, 0.3) is 10.2 Å².